The molecule has 1 rings (SSSR count). The molecule has 0 unspecified atom stereocenters. The summed E-state index contributed by atoms with van der Waals surface area (Å²) in [6.45, 7) is 0.577. The van der Waals surface area contributed by atoms with Crippen LogP contribution in [-0.2, 0) is 9.53 Å². The predicted molar refractivity (Wildman–Crippen MR) is 41.6 cm³/mol. The fourth-order valence-electron chi connectivity index (χ4n) is 1.11. The van der Waals surface area contributed by atoms with Gasteiger partial charge in [-0.15, -0.1) is 0 Å². The van der Waals surface area contributed by atoms with Crippen LogP contribution in [0.4, 0.5) is 0 Å². The van der Waals surface area contributed by atoms with E-state index < -0.39 is 5.91 Å². The highest BCUT2D eigenvalue weighted by Crippen LogP contribution is 2.19. The number of nitrogens with two attached hydrogens (primary N) is 1. The molecule has 0 radical (unpaired) electrons. The van der Waals surface area contributed by atoms with E-state index in [9.17, 15) is 4.79 Å². The number of hydrogen-bond donors (Lipinski definition) is 1. The van der Waals surface area contributed by atoms with Crippen molar-refractivity contribution in [3.63, 3.8) is 0 Å². The van der Waals surface area contributed by atoms with Crippen LogP contribution in [0.5, 0.6) is 0 Å². The average molecular weight is 166 g/mol. The lowest BCUT2D eigenvalue weighted by Crippen LogP contribution is -2.17. The zero-order valence-electron chi connectivity index (χ0n) is 6.67. The van der Waals surface area contributed by atoms with Gasteiger partial charge >= 0.3 is 0 Å². The number of ether oxygens (including phenoxy) is 1. The summed E-state index contributed by atoms with van der Waals surface area (Å²) in [5, 5.41) is 8.56. The van der Waals surface area contributed by atoms with Gasteiger partial charge in [-0.1, -0.05) is 0 Å². The van der Waals surface area contributed by atoms with Crippen LogP contribution >= 0.6 is 0 Å². The van der Waals surface area contributed by atoms with Gasteiger partial charge in [0.1, 0.15) is 11.8 Å². The molecule has 1 fully saturated rings. The van der Waals surface area contributed by atoms with Gasteiger partial charge in [-0.3, -0.25) is 4.79 Å². The Kier molecular flexibility index (Phi) is 2.70. The van der Waals surface area contributed by atoms with Gasteiger partial charge in [-0.2, -0.15) is 5.26 Å². The van der Waals surface area contributed by atoms with Crippen LogP contribution < -0.4 is 5.73 Å². The number of hydrogen-bond acceptors (Lipinski definition) is 3. The molecule has 4 nitrogen and oxygen atoms in total. The van der Waals surface area contributed by atoms with Crippen molar-refractivity contribution in [2.45, 2.75) is 19.3 Å². The van der Waals surface area contributed by atoms with E-state index in [0.717, 1.165) is 12.8 Å². The zero-order chi connectivity index (χ0) is 8.97. The van der Waals surface area contributed by atoms with Gasteiger partial charge < -0.3 is 10.5 Å². The molecular weight excluding hydrogens is 156 g/mol. The standard InChI is InChI=1S/C8H10N2O2/c9-5-6(8(10)11)7-3-1-2-4-12-7/h1-4H2,(H2,10,11)/b7-6-. The molecule has 64 valence electrons. The molecule has 12 heavy (non-hydrogen) atoms. The van der Waals surface area contributed by atoms with Crippen LogP contribution in [-0.4, -0.2) is 12.5 Å². The van der Waals surface area contributed by atoms with Crippen LogP contribution in [0.2, 0.25) is 0 Å². The maximum absolute atomic E-state index is 10.7. The largest absolute Gasteiger partial charge is 0.496 e. The summed E-state index contributed by atoms with van der Waals surface area (Å²) < 4.78 is 5.15. The van der Waals surface area contributed by atoms with Crippen LogP contribution in [0, 0.1) is 11.3 Å². The molecule has 0 spiro atoms. The van der Waals surface area contributed by atoms with Crippen molar-refractivity contribution in [2.75, 3.05) is 6.61 Å². The number of amides is 1. The minimum atomic E-state index is -0.700. The first-order chi connectivity index (χ1) is 5.75. The third-order valence-electron chi connectivity index (χ3n) is 1.71. The van der Waals surface area contributed by atoms with E-state index in [0.29, 0.717) is 18.8 Å². The molecule has 1 aliphatic rings. The van der Waals surface area contributed by atoms with Crippen molar-refractivity contribution >= 4 is 5.91 Å². The summed E-state index contributed by atoms with van der Waals surface area (Å²) >= 11 is 0. The van der Waals surface area contributed by atoms with Crippen molar-refractivity contribution in [3.05, 3.63) is 11.3 Å². The topological polar surface area (TPSA) is 76.1 Å². The summed E-state index contributed by atoms with van der Waals surface area (Å²) in [6, 6.07) is 1.75. The number of carbonyl (C=O) groups is 1. The molecule has 0 aromatic rings. The highest BCUT2D eigenvalue weighted by Gasteiger charge is 2.16. The van der Waals surface area contributed by atoms with E-state index in [4.69, 9.17) is 15.7 Å². The van der Waals surface area contributed by atoms with Crippen LogP contribution in [0.1, 0.15) is 19.3 Å². The Morgan fingerprint density at radius 2 is 2.33 bits per heavy atom. The molecule has 4 heteroatoms. The summed E-state index contributed by atoms with van der Waals surface area (Å²) in [7, 11) is 0. The molecule has 1 aliphatic heterocycles. The molecule has 0 saturated carbocycles. The molecule has 0 atom stereocenters. The normalized spacial score (nSPS) is 20.6. The molecule has 1 amide bonds. The first-order valence-electron chi connectivity index (χ1n) is 3.81. The lowest BCUT2D eigenvalue weighted by Gasteiger charge is -2.16. The van der Waals surface area contributed by atoms with Crippen molar-refractivity contribution in [1.29, 1.82) is 5.26 Å². The monoisotopic (exact) mass is 166 g/mol. The maximum Gasteiger partial charge on any atom is 0.262 e. The minimum Gasteiger partial charge on any atom is -0.496 e. The number of allylic oxidation sites excluding steroid dienone is 1. The number of carbonyl (C=O) groups excluding carboxylic acids is 1. The second-order valence-corrected chi connectivity index (χ2v) is 2.58. The second kappa shape index (κ2) is 3.77. The number of rotatable bonds is 1. The van der Waals surface area contributed by atoms with Crippen LogP contribution in [0.25, 0.3) is 0 Å². The van der Waals surface area contributed by atoms with Gasteiger partial charge in [-0.05, 0) is 12.8 Å². The second-order valence-electron chi connectivity index (χ2n) is 2.58. The Morgan fingerprint density at radius 1 is 1.58 bits per heavy atom. The Hall–Kier alpha value is -1.50. The summed E-state index contributed by atoms with van der Waals surface area (Å²) in [5.74, 6) is -0.245. The fraction of sp³-hybridized carbons (Fsp3) is 0.500. The van der Waals surface area contributed by atoms with Crippen molar-refractivity contribution < 1.29 is 9.53 Å². The van der Waals surface area contributed by atoms with E-state index in [1.807, 2.05) is 0 Å². The average Bonchev–Trinajstić information content (AvgIpc) is 2.07. The van der Waals surface area contributed by atoms with Gasteiger partial charge in [-0.25, -0.2) is 0 Å². The van der Waals surface area contributed by atoms with Gasteiger partial charge in [0.15, 0.2) is 5.57 Å². The van der Waals surface area contributed by atoms with Crippen LogP contribution in [0.15, 0.2) is 11.3 Å². The first-order valence-corrected chi connectivity index (χ1v) is 3.81. The highest BCUT2D eigenvalue weighted by atomic mass is 16.5. The Labute approximate surface area is 70.6 Å². The molecule has 0 aromatic heterocycles. The smallest absolute Gasteiger partial charge is 0.262 e. The molecule has 2 N–H and O–H groups in total. The molecule has 0 aromatic carbocycles. The van der Waals surface area contributed by atoms with E-state index in [1.54, 1.807) is 6.07 Å². The molecular formula is C8H10N2O2. The predicted octanol–water partition coefficient (Wildman–Crippen LogP) is 0.450. The van der Waals surface area contributed by atoms with Gasteiger partial charge in [0, 0.05) is 6.42 Å². The third-order valence-corrected chi connectivity index (χ3v) is 1.71. The summed E-state index contributed by atoms with van der Waals surface area (Å²) in [4.78, 5) is 10.7. The first kappa shape index (κ1) is 8.60. The quantitative estimate of drug-likeness (QED) is 0.454. The lowest BCUT2D eigenvalue weighted by atomic mass is 10.1. The molecule has 0 bridgehead atoms. The molecule has 1 saturated heterocycles. The SMILES string of the molecule is N#C/C(C(N)=O)=C1\CCCCO1. The van der Waals surface area contributed by atoms with Gasteiger partial charge in [0.05, 0.1) is 6.61 Å². The van der Waals surface area contributed by atoms with Crippen molar-refractivity contribution in [1.82, 2.24) is 0 Å². The van der Waals surface area contributed by atoms with E-state index in [2.05, 4.69) is 0 Å². The van der Waals surface area contributed by atoms with E-state index in [1.165, 1.54) is 0 Å². The Bertz CT molecular complexity index is 255. The molecule has 0 aliphatic carbocycles. The Morgan fingerprint density at radius 3 is 2.75 bits per heavy atom. The van der Waals surface area contributed by atoms with Crippen molar-refractivity contribution in [2.24, 2.45) is 5.73 Å². The number of nitriles is 1. The number of primary amides is 1. The Balaban J connectivity index is 2.84. The number of nitrogens with zero attached hydrogens (tertiary/aromatic N) is 1. The van der Waals surface area contributed by atoms with E-state index >= 15 is 0 Å². The zero-order valence-corrected chi connectivity index (χ0v) is 6.67. The summed E-state index contributed by atoms with van der Waals surface area (Å²) in [5.41, 5.74) is 4.95. The van der Waals surface area contributed by atoms with Crippen molar-refractivity contribution in [3.8, 4) is 6.07 Å². The minimum absolute atomic E-state index is 0.0327. The molecule has 1 heterocycles. The maximum atomic E-state index is 10.7. The van der Waals surface area contributed by atoms with Gasteiger partial charge in [0.25, 0.3) is 5.91 Å². The fourth-order valence-corrected chi connectivity index (χ4v) is 1.11. The van der Waals surface area contributed by atoms with Gasteiger partial charge in [0.2, 0.25) is 0 Å². The highest BCUT2D eigenvalue weighted by molar-refractivity contribution is 5.96. The van der Waals surface area contributed by atoms with Crippen LogP contribution in [0.3, 0.4) is 0 Å². The van der Waals surface area contributed by atoms with E-state index in [-0.39, 0.29) is 5.57 Å². The third kappa shape index (κ3) is 1.76. The summed E-state index contributed by atoms with van der Waals surface area (Å²) in [6.07, 6.45) is 2.57. The lowest BCUT2D eigenvalue weighted by molar-refractivity contribution is -0.114.